The summed E-state index contributed by atoms with van der Waals surface area (Å²) in [7, 11) is 0. The summed E-state index contributed by atoms with van der Waals surface area (Å²) < 4.78 is 0. The molecule has 3 heteroatoms. The van der Waals surface area contributed by atoms with Gasteiger partial charge in [0.05, 0.1) is 0 Å². The van der Waals surface area contributed by atoms with Crippen LogP contribution in [0.4, 0.5) is 0 Å². The Labute approximate surface area is 112 Å². The zero-order chi connectivity index (χ0) is 13.2. The zero-order valence-corrected chi connectivity index (χ0v) is 10.8. The van der Waals surface area contributed by atoms with E-state index >= 15 is 0 Å². The normalized spacial score (nSPS) is 28.4. The molecule has 0 spiro atoms. The highest BCUT2D eigenvalue weighted by Crippen LogP contribution is 2.41. The first kappa shape index (κ1) is 12.4. The molecule has 3 unspecified atom stereocenters. The molecule has 1 aromatic rings. The van der Waals surface area contributed by atoms with Crippen molar-refractivity contribution in [3.05, 3.63) is 42.0 Å². The predicted molar refractivity (Wildman–Crippen MR) is 71.9 cm³/mol. The van der Waals surface area contributed by atoms with E-state index in [2.05, 4.69) is 17.0 Å². The fourth-order valence-electron chi connectivity index (χ4n) is 3.35. The third-order valence-corrected chi connectivity index (χ3v) is 4.37. The van der Waals surface area contributed by atoms with Gasteiger partial charge in [0.25, 0.3) is 0 Å². The minimum absolute atomic E-state index is 0.183. The molecule has 4 rings (SSSR count). The highest BCUT2D eigenvalue weighted by molar-refractivity contribution is 5.84. The summed E-state index contributed by atoms with van der Waals surface area (Å²) in [4.78, 5) is 16.6. The fraction of sp³-hybridized carbons (Fsp3) is 0.438. The number of hydrogen-bond donors (Lipinski definition) is 1. The van der Waals surface area contributed by atoms with Crippen molar-refractivity contribution in [2.75, 3.05) is 0 Å². The molecule has 1 fully saturated rings. The first-order valence-corrected chi connectivity index (χ1v) is 6.87. The summed E-state index contributed by atoms with van der Waals surface area (Å²) >= 11 is 0. The van der Waals surface area contributed by atoms with Crippen molar-refractivity contribution < 1.29 is 14.9 Å². The highest BCUT2D eigenvalue weighted by Gasteiger charge is 2.35. The van der Waals surface area contributed by atoms with E-state index in [0.29, 0.717) is 29.8 Å². The van der Waals surface area contributed by atoms with Gasteiger partial charge < -0.3 is 4.89 Å². The van der Waals surface area contributed by atoms with E-state index in [1.807, 2.05) is 6.07 Å². The van der Waals surface area contributed by atoms with Crippen LogP contribution in [-0.2, 0) is 11.2 Å². The molecule has 0 amide bonds. The first-order valence-electron chi connectivity index (χ1n) is 6.87. The number of fused-ring (bicyclic) bond motifs is 2. The molecule has 0 aromatic heterocycles. The lowest BCUT2D eigenvalue weighted by Gasteiger charge is -2.37. The topological polar surface area (TPSA) is 46.5 Å². The summed E-state index contributed by atoms with van der Waals surface area (Å²) in [6.45, 7) is 0. The third kappa shape index (κ3) is 2.56. The van der Waals surface area contributed by atoms with E-state index < -0.39 is 0 Å². The van der Waals surface area contributed by atoms with Crippen molar-refractivity contribution in [1.29, 1.82) is 0 Å². The number of ketones is 1. The number of allylic oxidation sites excluding steroid dienone is 2. The molecule has 19 heavy (non-hydrogen) atoms. The quantitative estimate of drug-likeness (QED) is 0.512. The molecule has 1 saturated carbocycles. The molecule has 0 saturated heterocycles. The van der Waals surface area contributed by atoms with Gasteiger partial charge >= 0.3 is 0 Å². The molecular formula is C16H18O3. The van der Waals surface area contributed by atoms with Crippen molar-refractivity contribution in [2.45, 2.75) is 25.7 Å². The van der Waals surface area contributed by atoms with Crippen molar-refractivity contribution in [2.24, 2.45) is 17.8 Å². The molecule has 3 aliphatic rings. The molecule has 0 heterocycles. The number of Topliss-reactive ketones (excluding diaryl/α,β-unsaturated/α-hetero) is 1. The molecule has 2 bridgehead atoms. The van der Waals surface area contributed by atoms with Gasteiger partial charge in [0.1, 0.15) is 5.78 Å². The van der Waals surface area contributed by atoms with E-state index in [-0.39, 0.29) is 5.92 Å². The lowest BCUT2D eigenvalue weighted by Crippen LogP contribution is -2.33. The van der Waals surface area contributed by atoms with E-state index in [1.54, 1.807) is 18.2 Å². The van der Waals surface area contributed by atoms with Gasteiger partial charge in [0.15, 0.2) is 5.75 Å². The highest BCUT2D eigenvalue weighted by atomic mass is 17.1. The predicted octanol–water partition coefficient (Wildman–Crippen LogP) is 3.25. The van der Waals surface area contributed by atoms with E-state index in [0.717, 1.165) is 18.4 Å². The smallest absolute Gasteiger partial charge is 0.165 e. The van der Waals surface area contributed by atoms with Crippen LogP contribution >= 0.6 is 0 Å². The Bertz CT molecular complexity index is 506. The zero-order valence-electron chi connectivity index (χ0n) is 10.8. The van der Waals surface area contributed by atoms with E-state index in [4.69, 9.17) is 5.26 Å². The lowest BCUT2D eigenvalue weighted by molar-refractivity contribution is -0.137. The Morgan fingerprint density at radius 1 is 1.32 bits per heavy atom. The van der Waals surface area contributed by atoms with Crippen LogP contribution in [0, 0.1) is 17.8 Å². The summed E-state index contributed by atoms with van der Waals surface area (Å²) in [6, 6.07) is 7.08. The maximum atomic E-state index is 12.4. The molecule has 1 N–H and O–H groups in total. The molecular weight excluding hydrogens is 240 g/mol. The Kier molecular flexibility index (Phi) is 3.38. The van der Waals surface area contributed by atoms with Crippen LogP contribution in [0.1, 0.15) is 24.8 Å². The molecule has 3 aliphatic carbocycles. The summed E-state index contributed by atoms with van der Waals surface area (Å²) in [6.07, 6.45) is 8.33. The number of hydrogen-bond acceptors (Lipinski definition) is 3. The minimum atomic E-state index is 0.183. The van der Waals surface area contributed by atoms with E-state index in [9.17, 15) is 4.79 Å². The standard InChI is InChI=1S/C16H18O3/c17-16(10-12-2-1-3-14(8-12)19-18)15-9-11-4-6-13(15)7-5-11/h1-4,6,8,11,13,15,18H,5,7,9-10H2. The monoisotopic (exact) mass is 258 g/mol. The fourth-order valence-corrected chi connectivity index (χ4v) is 3.35. The van der Waals surface area contributed by atoms with Crippen molar-refractivity contribution in [3.63, 3.8) is 0 Å². The largest absolute Gasteiger partial charge is 0.340 e. The van der Waals surface area contributed by atoms with Crippen LogP contribution in [0.2, 0.25) is 0 Å². The lowest BCUT2D eigenvalue weighted by atomic mass is 9.67. The summed E-state index contributed by atoms with van der Waals surface area (Å²) in [5, 5.41) is 8.64. The van der Waals surface area contributed by atoms with Crippen molar-refractivity contribution >= 4 is 5.78 Å². The number of carbonyl (C=O) groups is 1. The minimum Gasteiger partial charge on any atom is -0.340 e. The molecule has 0 radical (unpaired) electrons. The third-order valence-electron chi connectivity index (χ3n) is 4.37. The van der Waals surface area contributed by atoms with Gasteiger partial charge in [-0.2, -0.15) is 0 Å². The van der Waals surface area contributed by atoms with Crippen LogP contribution in [0.25, 0.3) is 0 Å². The first-order chi connectivity index (χ1) is 9.26. The van der Waals surface area contributed by atoms with Crippen LogP contribution in [0.5, 0.6) is 5.75 Å². The Morgan fingerprint density at radius 3 is 2.84 bits per heavy atom. The van der Waals surface area contributed by atoms with Gasteiger partial charge in [-0.3, -0.25) is 4.79 Å². The van der Waals surface area contributed by atoms with Crippen LogP contribution in [0.15, 0.2) is 36.4 Å². The van der Waals surface area contributed by atoms with Gasteiger partial charge in [0, 0.05) is 12.3 Å². The summed E-state index contributed by atoms with van der Waals surface area (Å²) in [5.41, 5.74) is 0.905. The number of benzene rings is 1. The van der Waals surface area contributed by atoms with Crippen LogP contribution in [0.3, 0.4) is 0 Å². The van der Waals surface area contributed by atoms with E-state index in [1.165, 1.54) is 6.42 Å². The molecule has 100 valence electrons. The van der Waals surface area contributed by atoms with Crippen molar-refractivity contribution in [1.82, 2.24) is 0 Å². The average molecular weight is 258 g/mol. The molecule has 1 aromatic carbocycles. The maximum absolute atomic E-state index is 12.4. The number of rotatable bonds is 4. The number of carbonyl (C=O) groups excluding carboxylic acids is 1. The second-order valence-corrected chi connectivity index (χ2v) is 5.61. The molecule has 3 atom stereocenters. The van der Waals surface area contributed by atoms with Crippen LogP contribution < -0.4 is 4.89 Å². The molecule has 0 aliphatic heterocycles. The van der Waals surface area contributed by atoms with Gasteiger partial charge in [-0.1, -0.05) is 24.3 Å². The Morgan fingerprint density at radius 2 is 2.21 bits per heavy atom. The SMILES string of the molecule is O=C(Cc1cccc(OO)c1)C1CC2C=CC1CC2. The van der Waals surface area contributed by atoms with Gasteiger partial charge in [-0.25, -0.2) is 5.26 Å². The van der Waals surface area contributed by atoms with Crippen molar-refractivity contribution in [3.8, 4) is 5.75 Å². The Balaban J connectivity index is 1.69. The van der Waals surface area contributed by atoms with Crippen LogP contribution in [-0.4, -0.2) is 11.0 Å². The van der Waals surface area contributed by atoms with Gasteiger partial charge in [-0.05, 0) is 48.8 Å². The average Bonchev–Trinajstić information content (AvgIpc) is 2.48. The second-order valence-electron chi connectivity index (χ2n) is 5.61. The second kappa shape index (κ2) is 5.17. The van der Waals surface area contributed by atoms with Gasteiger partial charge in [-0.15, -0.1) is 0 Å². The molecule has 3 nitrogen and oxygen atoms in total. The Hall–Kier alpha value is -1.61. The van der Waals surface area contributed by atoms with Gasteiger partial charge in [0.2, 0.25) is 0 Å². The summed E-state index contributed by atoms with van der Waals surface area (Å²) in [5.74, 6) is 1.92. The maximum Gasteiger partial charge on any atom is 0.165 e.